The largest absolute Gasteiger partial charge is 0.330 e. The van der Waals surface area contributed by atoms with Crippen molar-refractivity contribution < 1.29 is 10.1 Å². The van der Waals surface area contributed by atoms with Crippen LogP contribution in [-0.4, -0.2) is 11.9 Å². The van der Waals surface area contributed by atoms with Crippen molar-refractivity contribution in [2.75, 3.05) is 5.32 Å². The molecule has 0 heterocycles. The second-order valence-electron chi connectivity index (χ2n) is 5.51. The molecule has 1 amide bonds. The van der Waals surface area contributed by atoms with Gasteiger partial charge in [0.25, 0.3) is 5.91 Å². The van der Waals surface area contributed by atoms with Crippen LogP contribution in [0.5, 0.6) is 0 Å². The Morgan fingerprint density at radius 3 is 2.65 bits per heavy atom. The molecule has 0 saturated heterocycles. The van der Waals surface area contributed by atoms with Gasteiger partial charge in [0, 0.05) is 16.3 Å². The van der Waals surface area contributed by atoms with Gasteiger partial charge in [-0.05, 0) is 44.2 Å². The Labute approximate surface area is 141 Å². The zero-order chi connectivity index (χ0) is 16.8. The number of amides is 1. The Hall–Kier alpha value is -2.35. The number of quaternary nitrogens is 1. The molecular weight excluding hydrogens is 310 g/mol. The number of nitrogens with one attached hydrogen (secondary N) is 1. The third-order valence-corrected chi connectivity index (χ3v) is 3.86. The van der Waals surface area contributed by atoms with Crippen LogP contribution in [0.1, 0.15) is 31.0 Å². The molecule has 0 fully saturated rings. The minimum Gasteiger partial charge on any atom is -0.330 e. The molecule has 0 bridgehead atoms. The lowest BCUT2D eigenvalue weighted by Gasteiger charge is -2.17. The third kappa shape index (κ3) is 4.82. The van der Waals surface area contributed by atoms with E-state index in [0.717, 1.165) is 5.56 Å². The van der Waals surface area contributed by atoms with Gasteiger partial charge >= 0.3 is 0 Å². The molecule has 0 radical (unpaired) electrons. The second-order valence-corrected chi connectivity index (χ2v) is 5.94. The van der Waals surface area contributed by atoms with Crippen LogP contribution < -0.4 is 10.6 Å². The number of rotatable bonds is 5. The number of halogens is 1. The lowest BCUT2D eigenvalue weighted by atomic mass is 10.1. The van der Waals surface area contributed by atoms with E-state index >= 15 is 0 Å². The Morgan fingerprint density at radius 2 is 1.96 bits per heavy atom. The molecule has 2 aromatic rings. The van der Waals surface area contributed by atoms with E-state index in [1.807, 2.05) is 43.4 Å². The predicted molar refractivity (Wildman–Crippen MR) is 91.0 cm³/mol. The number of benzene rings is 2. The average molecular weight is 329 g/mol. The van der Waals surface area contributed by atoms with Crippen LogP contribution in [0, 0.1) is 11.3 Å². The summed E-state index contributed by atoms with van der Waals surface area (Å²) in [6, 6.07) is 16.4. The quantitative estimate of drug-likeness (QED) is 0.886. The first-order chi connectivity index (χ1) is 11.0. The SMILES string of the molecule is C[C@H]([NH2+][C@@H](C)c1cccc(Cl)c1)C(=O)Nc1cccc(C#N)c1. The van der Waals surface area contributed by atoms with Gasteiger partial charge in [0.15, 0.2) is 6.04 Å². The highest BCUT2D eigenvalue weighted by molar-refractivity contribution is 6.30. The molecule has 0 aliphatic rings. The highest BCUT2D eigenvalue weighted by Gasteiger charge is 2.20. The van der Waals surface area contributed by atoms with Crippen molar-refractivity contribution in [3.05, 3.63) is 64.7 Å². The van der Waals surface area contributed by atoms with E-state index in [4.69, 9.17) is 16.9 Å². The molecule has 118 valence electrons. The van der Waals surface area contributed by atoms with Gasteiger partial charge in [-0.3, -0.25) is 4.79 Å². The van der Waals surface area contributed by atoms with E-state index in [-0.39, 0.29) is 18.0 Å². The van der Waals surface area contributed by atoms with E-state index < -0.39 is 0 Å². The lowest BCUT2D eigenvalue weighted by Crippen LogP contribution is -2.91. The molecule has 2 aromatic carbocycles. The first kappa shape index (κ1) is 17.0. The van der Waals surface area contributed by atoms with Crippen molar-refractivity contribution in [3.63, 3.8) is 0 Å². The molecule has 3 N–H and O–H groups in total. The number of nitrogens with zero attached hydrogens (tertiary/aromatic N) is 1. The van der Waals surface area contributed by atoms with Crippen molar-refractivity contribution >= 4 is 23.2 Å². The molecule has 23 heavy (non-hydrogen) atoms. The van der Waals surface area contributed by atoms with Crippen molar-refractivity contribution in [2.24, 2.45) is 0 Å². The second kappa shape index (κ2) is 7.77. The Balaban J connectivity index is 1.98. The predicted octanol–water partition coefficient (Wildman–Crippen LogP) is 2.86. The van der Waals surface area contributed by atoms with Crippen LogP contribution in [0.15, 0.2) is 48.5 Å². The van der Waals surface area contributed by atoms with Crippen LogP contribution in [0.4, 0.5) is 5.69 Å². The molecule has 0 spiro atoms. The first-order valence-electron chi connectivity index (χ1n) is 7.41. The first-order valence-corrected chi connectivity index (χ1v) is 7.79. The minimum absolute atomic E-state index is 0.103. The van der Waals surface area contributed by atoms with Crippen LogP contribution in [0.3, 0.4) is 0 Å². The fourth-order valence-electron chi connectivity index (χ4n) is 2.34. The van der Waals surface area contributed by atoms with Crippen molar-refractivity contribution in [1.82, 2.24) is 0 Å². The summed E-state index contributed by atoms with van der Waals surface area (Å²) in [4.78, 5) is 12.3. The van der Waals surface area contributed by atoms with Gasteiger partial charge in [0.1, 0.15) is 6.04 Å². The molecule has 0 unspecified atom stereocenters. The number of carbonyl (C=O) groups excluding carboxylic acids is 1. The fourth-order valence-corrected chi connectivity index (χ4v) is 2.54. The normalized spacial score (nSPS) is 13.0. The van der Waals surface area contributed by atoms with Crippen molar-refractivity contribution in [3.8, 4) is 6.07 Å². The summed E-state index contributed by atoms with van der Waals surface area (Å²) >= 11 is 6.00. The Morgan fingerprint density at radius 1 is 1.22 bits per heavy atom. The molecule has 0 aliphatic carbocycles. The summed E-state index contributed by atoms with van der Waals surface area (Å²) in [5.74, 6) is -0.103. The van der Waals surface area contributed by atoms with E-state index in [0.29, 0.717) is 16.3 Å². The van der Waals surface area contributed by atoms with Gasteiger partial charge in [-0.15, -0.1) is 0 Å². The Kier molecular flexibility index (Phi) is 5.75. The van der Waals surface area contributed by atoms with E-state index in [1.165, 1.54) is 0 Å². The topological polar surface area (TPSA) is 69.5 Å². The standard InChI is InChI=1S/C18H18ClN3O/c1-12(15-6-4-7-16(19)10-15)21-13(2)18(23)22-17-8-3-5-14(9-17)11-20/h3-10,12-13,21H,1-2H3,(H,22,23)/p+1/t12-,13-/m0/s1. The summed E-state index contributed by atoms with van der Waals surface area (Å²) in [5.41, 5.74) is 2.22. The smallest absolute Gasteiger partial charge is 0.282 e. The zero-order valence-corrected chi connectivity index (χ0v) is 13.8. The number of hydrogen-bond donors (Lipinski definition) is 2. The van der Waals surface area contributed by atoms with Gasteiger partial charge in [-0.1, -0.05) is 29.8 Å². The number of carbonyl (C=O) groups is 1. The maximum Gasteiger partial charge on any atom is 0.282 e. The average Bonchev–Trinajstić information content (AvgIpc) is 2.54. The summed E-state index contributed by atoms with van der Waals surface area (Å²) in [6.07, 6.45) is 0. The van der Waals surface area contributed by atoms with Gasteiger partial charge in [0.05, 0.1) is 11.6 Å². The van der Waals surface area contributed by atoms with Crippen molar-refractivity contribution in [2.45, 2.75) is 25.9 Å². The van der Waals surface area contributed by atoms with Gasteiger partial charge in [-0.2, -0.15) is 5.26 Å². The van der Waals surface area contributed by atoms with E-state index in [1.54, 1.807) is 24.3 Å². The van der Waals surface area contributed by atoms with Crippen molar-refractivity contribution in [1.29, 1.82) is 5.26 Å². The molecule has 0 aromatic heterocycles. The number of nitrogens with two attached hydrogens (primary N) is 1. The Bertz CT molecular complexity index is 739. The van der Waals surface area contributed by atoms with Gasteiger partial charge in [0.2, 0.25) is 0 Å². The summed E-state index contributed by atoms with van der Waals surface area (Å²) in [7, 11) is 0. The zero-order valence-electron chi connectivity index (χ0n) is 13.1. The molecule has 2 rings (SSSR count). The molecule has 4 nitrogen and oxygen atoms in total. The van der Waals surface area contributed by atoms with E-state index in [9.17, 15) is 4.79 Å². The molecule has 2 atom stereocenters. The fraction of sp³-hybridized carbons (Fsp3) is 0.222. The molecule has 0 saturated carbocycles. The monoisotopic (exact) mass is 328 g/mol. The van der Waals surface area contributed by atoms with E-state index in [2.05, 4.69) is 11.4 Å². The van der Waals surface area contributed by atoms with Crippen LogP contribution in [-0.2, 0) is 4.79 Å². The molecule has 5 heteroatoms. The molecular formula is C18H19ClN3O+. The van der Waals surface area contributed by atoms with Gasteiger partial charge < -0.3 is 10.6 Å². The highest BCUT2D eigenvalue weighted by atomic mass is 35.5. The minimum atomic E-state index is -0.269. The van der Waals surface area contributed by atoms with Gasteiger partial charge in [-0.25, -0.2) is 0 Å². The number of hydrogen-bond acceptors (Lipinski definition) is 2. The van der Waals surface area contributed by atoms with Crippen LogP contribution >= 0.6 is 11.6 Å². The van der Waals surface area contributed by atoms with Crippen LogP contribution in [0.2, 0.25) is 5.02 Å². The summed E-state index contributed by atoms with van der Waals surface area (Å²) in [6.45, 7) is 3.89. The third-order valence-electron chi connectivity index (χ3n) is 3.62. The van der Waals surface area contributed by atoms with Crippen LogP contribution in [0.25, 0.3) is 0 Å². The molecule has 0 aliphatic heterocycles. The number of nitriles is 1. The summed E-state index contributed by atoms with van der Waals surface area (Å²) < 4.78 is 0. The summed E-state index contributed by atoms with van der Waals surface area (Å²) in [5, 5.41) is 14.4. The highest BCUT2D eigenvalue weighted by Crippen LogP contribution is 2.15. The number of anilines is 1. The lowest BCUT2D eigenvalue weighted by molar-refractivity contribution is -0.709. The maximum atomic E-state index is 12.3. The maximum absolute atomic E-state index is 12.3.